The van der Waals surface area contributed by atoms with Gasteiger partial charge < -0.3 is 22.9 Å². The van der Waals surface area contributed by atoms with Gasteiger partial charge >= 0.3 is 0 Å². The first-order valence-electron chi connectivity index (χ1n) is 19.9. The molecule has 0 aromatic carbocycles. The molecule has 0 aliphatic heterocycles. The molecule has 2 aromatic rings. The van der Waals surface area contributed by atoms with Crippen LogP contribution in [0.25, 0.3) is 0 Å². The van der Waals surface area contributed by atoms with Crippen LogP contribution in [0.15, 0.2) is 167 Å². The number of hydrogen-bond acceptors (Lipinski definition) is 6. The Morgan fingerprint density at radius 1 is 0.552 bits per heavy atom. The first-order valence-corrected chi connectivity index (χ1v) is 19.9. The fourth-order valence-corrected chi connectivity index (χ4v) is 7.57. The standard InChI is InChI=1S/C50H62N6O2/c1-33(17-13-19-35(3)21-23-39-37(5)47(57)45(29-49(39,7)8)55-27-25-41(51)43(53)31-55)15-11-12-16-34(2)18-14-20-36(4)22-24-40-38(6)48(58)46(30-50(40,9)10)56-28-26-42(52)44(54)32-56/h11-28,31-32,45-46,51-52H,29-30,53-54H2,1-10H3/p+2/b12-11+,17-13+,18-14+,23-21+,24-22+,33-15+,34-16+,35-19+,36-20+. The number of rotatable bonds is 12. The number of nitrogen functional groups attached to an aromatic ring is 4. The predicted molar refractivity (Wildman–Crippen MR) is 242 cm³/mol. The number of pyridine rings is 2. The zero-order valence-corrected chi connectivity index (χ0v) is 36.1. The average Bonchev–Trinajstić information content (AvgIpc) is 3.15. The third-order valence-corrected chi connectivity index (χ3v) is 11.1. The molecule has 58 heavy (non-hydrogen) atoms. The van der Waals surface area contributed by atoms with E-state index in [1.54, 1.807) is 24.5 Å². The maximum absolute atomic E-state index is 13.4. The predicted octanol–water partition coefficient (Wildman–Crippen LogP) is 9.57. The van der Waals surface area contributed by atoms with Crippen LogP contribution in [0.3, 0.4) is 0 Å². The number of carbonyl (C=O) groups is 2. The van der Waals surface area contributed by atoms with E-state index in [-0.39, 0.29) is 34.5 Å². The summed E-state index contributed by atoms with van der Waals surface area (Å²) in [5.74, 6) is 0.203. The van der Waals surface area contributed by atoms with Gasteiger partial charge in [-0.2, -0.15) is 9.13 Å². The third kappa shape index (κ3) is 11.3. The molecule has 8 nitrogen and oxygen atoms in total. The second-order valence-electron chi connectivity index (χ2n) is 17.0. The van der Waals surface area contributed by atoms with E-state index in [1.807, 2.05) is 59.7 Å². The number of ketones is 2. The lowest BCUT2D eigenvalue weighted by molar-refractivity contribution is -0.710. The quantitative estimate of drug-likeness (QED) is 0.125. The molecule has 8 heteroatoms. The molecule has 0 amide bonds. The van der Waals surface area contributed by atoms with Gasteiger partial charge in [0, 0.05) is 36.1 Å². The minimum Gasteiger partial charge on any atom is -0.397 e. The molecule has 0 saturated carbocycles. The minimum absolute atomic E-state index is 0.101. The summed E-state index contributed by atoms with van der Waals surface area (Å²) in [5.41, 5.74) is 33.5. The van der Waals surface area contributed by atoms with E-state index >= 15 is 0 Å². The van der Waals surface area contributed by atoms with Crippen molar-refractivity contribution in [2.24, 2.45) is 10.8 Å². The first kappa shape index (κ1) is 44.7. The maximum Gasteiger partial charge on any atom is 0.226 e. The smallest absolute Gasteiger partial charge is 0.226 e. The average molecular weight is 781 g/mol. The van der Waals surface area contributed by atoms with E-state index < -0.39 is 0 Å². The van der Waals surface area contributed by atoms with Crippen LogP contribution in [-0.4, -0.2) is 11.6 Å². The van der Waals surface area contributed by atoms with Crippen molar-refractivity contribution in [3.8, 4) is 0 Å². The van der Waals surface area contributed by atoms with Crippen LogP contribution >= 0.6 is 0 Å². The number of nitrogens with two attached hydrogens (primary N) is 4. The van der Waals surface area contributed by atoms with Crippen molar-refractivity contribution >= 4 is 34.3 Å². The fourth-order valence-electron chi connectivity index (χ4n) is 7.57. The van der Waals surface area contributed by atoms with Gasteiger partial charge in [-0.15, -0.1) is 0 Å². The number of carbonyl (C=O) groups excluding carboxylic acids is 2. The van der Waals surface area contributed by atoms with Crippen molar-refractivity contribution in [1.82, 2.24) is 0 Å². The number of hydrogen-bond donors (Lipinski definition) is 4. The Morgan fingerprint density at radius 2 is 0.879 bits per heavy atom. The summed E-state index contributed by atoms with van der Waals surface area (Å²) >= 11 is 0. The molecule has 4 rings (SSSR count). The Hall–Kier alpha value is -6.02. The summed E-state index contributed by atoms with van der Waals surface area (Å²) in [7, 11) is 0. The normalized spacial score (nSPS) is 21.3. The zero-order valence-electron chi connectivity index (χ0n) is 36.1. The van der Waals surface area contributed by atoms with Crippen molar-refractivity contribution in [3.05, 3.63) is 167 Å². The molecule has 304 valence electrons. The van der Waals surface area contributed by atoms with Crippen LogP contribution in [0.5, 0.6) is 0 Å². The Labute approximate surface area is 346 Å². The van der Waals surface area contributed by atoms with E-state index in [1.165, 1.54) is 0 Å². The highest BCUT2D eigenvalue weighted by molar-refractivity contribution is 6.00. The van der Waals surface area contributed by atoms with Crippen molar-refractivity contribution in [2.75, 3.05) is 22.9 Å². The number of allylic oxidation sites excluding steroid dienone is 22. The van der Waals surface area contributed by atoms with Crippen LogP contribution < -0.4 is 32.1 Å². The molecule has 0 spiro atoms. The van der Waals surface area contributed by atoms with Crippen LogP contribution in [-0.2, 0) is 9.59 Å². The van der Waals surface area contributed by atoms with Gasteiger partial charge in [0.25, 0.3) is 0 Å². The second kappa shape index (κ2) is 18.9. The molecular weight excluding hydrogens is 717 g/mol. The van der Waals surface area contributed by atoms with Gasteiger partial charge in [0.15, 0.2) is 24.8 Å². The molecule has 0 radical (unpaired) electrons. The van der Waals surface area contributed by atoms with E-state index in [0.717, 1.165) is 44.6 Å². The van der Waals surface area contributed by atoms with Crippen molar-refractivity contribution in [1.29, 1.82) is 0 Å². The van der Waals surface area contributed by atoms with Gasteiger partial charge in [-0.05, 0) is 63.5 Å². The zero-order chi connectivity index (χ0) is 42.9. The van der Waals surface area contributed by atoms with Gasteiger partial charge in [-0.3, -0.25) is 9.59 Å². The Bertz CT molecular complexity index is 2120. The molecular formula is C50H64N6O2+2. The highest BCUT2D eigenvalue weighted by Gasteiger charge is 2.44. The minimum atomic E-state index is -0.315. The lowest BCUT2D eigenvalue weighted by Gasteiger charge is -2.34. The largest absolute Gasteiger partial charge is 0.397 e. The molecule has 2 aliphatic carbocycles. The molecule has 2 aromatic heterocycles. The number of Topliss-reactive ketones (excluding diaryl/α,β-unsaturated/α-hetero) is 2. The van der Waals surface area contributed by atoms with Crippen molar-refractivity contribution in [2.45, 2.75) is 94.2 Å². The highest BCUT2D eigenvalue weighted by Crippen LogP contribution is 2.43. The Kier molecular flexibility index (Phi) is 14.6. The van der Waals surface area contributed by atoms with Gasteiger partial charge in [0.2, 0.25) is 23.7 Å². The van der Waals surface area contributed by atoms with Crippen LogP contribution in [0, 0.1) is 10.8 Å². The first-order chi connectivity index (χ1) is 27.2. The van der Waals surface area contributed by atoms with E-state index in [0.29, 0.717) is 35.6 Å². The lowest BCUT2D eigenvalue weighted by atomic mass is 9.70. The molecule has 2 unspecified atom stereocenters. The van der Waals surface area contributed by atoms with Gasteiger partial charge in [-0.25, -0.2) is 0 Å². The van der Waals surface area contributed by atoms with Gasteiger partial charge in [0.1, 0.15) is 11.4 Å². The summed E-state index contributed by atoms with van der Waals surface area (Å²) in [6, 6.07) is 2.87. The second-order valence-corrected chi connectivity index (χ2v) is 17.0. The highest BCUT2D eigenvalue weighted by atomic mass is 16.1. The van der Waals surface area contributed by atoms with Crippen molar-refractivity contribution < 1.29 is 18.7 Å². The lowest BCUT2D eigenvalue weighted by Crippen LogP contribution is -2.48. The van der Waals surface area contributed by atoms with E-state index in [4.69, 9.17) is 22.9 Å². The molecule has 2 heterocycles. The number of aromatic nitrogens is 2. The molecule has 0 fully saturated rings. The van der Waals surface area contributed by atoms with Gasteiger partial charge in [-0.1, -0.05) is 135 Å². The van der Waals surface area contributed by atoms with Crippen LogP contribution in [0.1, 0.15) is 94.2 Å². The monoisotopic (exact) mass is 781 g/mol. The summed E-state index contributed by atoms with van der Waals surface area (Å²) in [6.45, 7) is 20.8. The van der Waals surface area contributed by atoms with E-state index in [9.17, 15) is 9.59 Å². The molecule has 8 N–H and O–H groups in total. The topological polar surface area (TPSA) is 146 Å². The molecule has 0 bridgehead atoms. The maximum atomic E-state index is 13.4. The number of anilines is 4. The van der Waals surface area contributed by atoms with Crippen molar-refractivity contribution in [3.63, 3.8) is 0 Å². The number of nitrogens with zero attached hydrogens (tertiary/aromatic N) is 2. The Balaban J connectivity index is 1.32. The molecule has 2 aliphatic rings. The summed E-state index contributed by atoms with van der Waals surface area (Å²) < 4.78 is 3.77. The van der Waals surface area contributed by atoms with Crippen LogP contribution in [0.2, 0.25) is 0 Å². The summed E-state index contributed by atoms with van der Waals surface area (Å²) in [4.78, 5) is 26.9. The summed E-state index contributed by atoms with van der Waals surface area (Å²) in [5, 5.41) is 0. The fraction of sp³-hybridized carbons (Fsp3) is 0.320. The van der Waals surface area contributed by atoms with Crippen LogP contribution in [0.4, 0.5) is 22.7 Å². The Morgan fingerprint density at radius 3 is 1.22 bits per heavy atom. The molecule has 2 atom stereocenters. The van der Waals surface area contributed by atoms with Gasteiger partial charge in [0.05, 0.1) is 11.4 Å². The summed E-state index contributed by atoms with van der Waals surface area (Å²) in [6.07, 6.45) is 37.4. The third-order valence-electron chi connectivity index (χ3n) is 11.1. The van der Waals surface area contributed by atoms with E-state index in [2.05, 4.69) is 116 Å². The molecule has 0 saturated heterocycles. The SMILES string of the molecule is CC1=C(/C=C/C(C)=C/C=C/C(C)=C/C=C/C=C(C)/C=C/C=C(C)/C=C/C2=C(C)C(=O)C([n+]3ccc(N)c(N)c3)CC2(C)C)C(C)(C)CC([n+]2ccc(N)c(N)c2)C1=O.